The monoisotopic (exact) mass is 284 g/mol. The Bertz CT molecular complexity index is 587. The lowest BCUT2D eigenvalue weighted by Crippen LogP contribution is -2.03. The summed E-state index contributed by atoms with van der Waals surface area (Å²) in [6.07, 6.45) is 0. The Morgan fingerprint density at radius 3 is 3.06 bits per heavy atom. The molecule has 2 rings (SSSR count). The maximum absolute atomic E-state index is 10.5. The average molecular weight is 285 g/mol. The fraction of sp³-hybridized carbons (Fsp3) is 0.200. The van der Waals surface area contributed by atoms with Gasteiger partial charge in [-0.25, -0.2) is 0 Å². The number of carboxylic acid groups (broad SMARTS) is 1. The van der Waals surface area contributed by atoms with Gasteiger partial charge in [0.2, 0.25) is 5.16 Å². The van der Waals surface area contributed by atoms with Crippen molar-refractivity contribution in [3.8, 4) is 5.69 Å². The minimum absolute atomic E-state index is 0.107. The van der Waals surface area contributed by atoms with Crippen molar-refractivity contribution in [1.82, 2.24) is 20.2 Å². The summed E-state index contributed by atoms with van der Waals surface area (Å²) in [4.78, 5) is 10.5. The van der Waals surface area contributed by atoms with Crippen molar-refractivity contribution in [2.75, 3.05) is 5.75 Å². The van der Waals surface area contributed by atoms with E-state index in [1.54, 1.807) is 6.07 Å². The molecule has 2 aromatic rings. The van der Waals surface area contributed by atoms with Crippen LogP contribution in [0.4, 0.5) is 0 Å². The van der Waals surface area contributed by atoms with E-state index >= 15 is 0 Å². The normalized spacial score (nSPS) is 10.6. The van der Waals surface area contributed by atoms with E-state index in [0.717, 1.165) is 17.3 Å². The third-order valence-corrected chi connectivity index (χ3v) is 3.32. The molecule has 0 aliphatic heterocycles. The lowest BCUT2D eigenvalue weighted by Gasteiger charge is -2.06. The maximum Gasteiger partial charge on any atom is 0.313 e. The van der Waals surface area contributed by atoms with Crippen LogP contribution in [0.1, 0.15) is 5.56 Å². The highest BCUT2D eigenvalue weighted by Crippen LogP contribution is 2.24. The molecule has 1 aromatic heterocycles. The van der Waals surface area contributed by atoms with E-state index in [2.05, 4.69) is 15.5 Å². The molecule has 0 saturated heterocycles. The maximum atomic E-state index is 10.5. The zero-order chi connectivity index (χ0) is 13.1. The zero-order valence-electron chi connectivity index (χ0n) is 9.37. The van der Waals surface area contributed by atoms with Gasteiger partial charge in [-0.3, -0.25) is 4.79 Å². The van der Waals surface area contributed by atoms with E-state index in [0.29, 0.717) is 15.9 Å². The van der Waals surface area contributed by atoms with Gasteiger partial charge in [0.1, 0.15) is 0 Å². The molecule has 0 spiro atoms. The number of nitrogens with zero attached hydrogens (tertiary/aromatic N) is 4. The number of tetrazole rings is 1. The molecule has 1 N–H and O–H groups in total. The number of rotatable bonds is 4. The highest BCUT2D eigenvalue weighted by molar-refractivity contribution is 7.99. The van der Waals surface area contributed by atoms with Crippen molar-refractivity contribution in [1.29, 1.82) is 0 Å². The predicted molar refractivity (Wildman–Crippen MR) is 67.3 cm³/mol. The summed E-state index contributed by atoms with van der Waals surface area (Å²) in [7, 11) is 0. The second-order valence-corrected chi connectivity index (χ2v) is 4.86. The first-order chi connectivity index (χ1) is 8.58. The third-order valence-electron chi connectivity index (χ3n) is 2.10. The van der Waals surface area contributed by atoms with Crippen LogP contribution in [-0.2, 0) is 4.79 Å². The smallest absolute Gasteiger partial charge is 0.313 e. The number of carboxylic acids is 1. The van der Waals surface area contributed by atoms with Crippen molar-refractivity contribution in [3.05, 3.63) is 28.8 Å². The first-order valence-corrected chi connectivity index (χ1v) is 6.34. The molecule has 0 amide bonds. The van der Waals surface area contributed by atoms with E-state index in [-0.39, 0.29) is 5.75 Å². The fourth-order valence-electron chi connectivity index (χ4n) is 1.33. The molecular weight excluding hydrogens is 276 g/mol. The van der Waals surface area contributed by atoms with Gasteiger partial charge >= 0.3 is 5.97 Å². The average Bonchev–Trinajstić information content (AvgIpc) is 2.77. The van der Waals surface area contributed by atoms with Gasteiger partial charge in [-0.1, -0.05) is 29.4 Å². The standard InChI is InChI=1S/C10H9ClN4O2S/c1-6-2-3-7(11)8(4-6)15-10(12-13-14-15)18-5-9(16)17/h2-4H,5H2,1H3,(H,16,17). The lowest BCUT2D eigenvalue weighted by atomic mass is 10.2. The summed E-state index contributed by atoms with van der Waals surface area (Å²) in [5.41, 5.74) is 1.65. The number of aryl methyl sites for hydroxylation is 1. The SMILES string of the molecule is Cc1ccc(Cl)c(-n2nnnc2SCC(=O)O)c1. The molecule has 1 heterocycles. The summed E-state index contributed by atoms with van der Waals surface area (Å²) in [6.45, 7) is 1.92. The van der Waals surface area contributed by atoms with Gasteiger partial charge in [-0.15, -0.1) is 5.10 Å². The number of hydrogen-bond donors (Lipinski definition) is 1. The molecule has 0 aliphatic rings. The molecule has 94 valence electrons. The molecule has 0 bridgehead atoms. The van der Waals surface area contributed by atoms with E-state index in [4.69, 9.17) is 16.7 Å². The number of aromatic nitrogens is 4. The summed E-state index contributed by atoms with van der Waals surface area (Å²) >= 11 is 7.12. The molecule has 0 aliphatic carbocycles. The van der Waals surface area contributed by atoms with E-state index in [1.165, 1.54) is 4.68 Å². The quantitative estimate of drug-likeness (QED) is 0.862. The van der Waals surface area contributed by atoms with Gasteiger partial charge in [0.05, 0.1) is 16.5 Å². The first kappa shape index (κ1) is 12.8. The van der Waals surface area contributed by atoms with Gasteiger partial charge in [-0.05, 0) is 35.0 Å². The van der Waals surface area contributed by atoms with Gasteiger partial charge in [0.15, 0.2) is 0 Å². The van der Waals surface area contributed by atoms with Crippen molar-refractivity contribution in [3.63, 3.8) is 0 Å². The Morgan fingerprint density at radius 2 is 2.33 bits per heavy atom. The molecule has 18 heavy (non-hydrogen) atoms. The molecule has 6 nitrogen and oxygen atoms in total. The van der Waals surface area contributed by atoms with Crippen molar-refractivity contribution in [2.45, 2.75) is 12.1 Å². The van der Waals surface area contributed by atoms with Crippen LogP contribution in [0, 0.1) is 6.92 Å². The van der Waals surface area contributed by atoms with Crippen molar-refractivity contribution in [2.24, 2.45) is 0 Å². The number of halogens is 1. The van der Waals surface area contributed by atoms with Crippen LogP contribution in [-0.4, -0.2) is 37.0 Å². The van der Waals surface area contributed by atoms with Crippen LogP contribution in [0.2, 0.25) is 5.02 Å². The second-order valence-electron chi connectivity index (χ2n) is 3.51. The molecule has 0 radical (unpaired) electrons. The lowest BCUT2D eigenvalue weighted by molar-refractivity contribution is -0.133. The Balaban J connectivity index is 2.36. The molecule has 0 fully saturated rings. The summed E-state index contributed by atoms with van der Waals surface area (Å²) in [6, 6.07) is 5.46. The molecule has 0 unspecified atom stereocenters. The van der Waals surface area contributed by atoms with Crippen LogP contribution in [0.25, 0.3) is 5.69 Å². The Hall–Kier alpha value is -1.60. The topological polar surface area (TPSA) is 80.9 Å². The molecule has 1 aromatic carbocycles. The number of aliphatic carboxylic acids is 1. The molecule has 8 heteroatoms. The summed E-state index contributed by atoms with van der Waals surface area (Å²) in [5, 5.41) is 20.7. The Morgan fingerprint density at radius 1 is 1.56 bits per heavy atom. The summed E-state index contributed by atoms with van der Waals surface area (Å²) < 4.78 is 1.43. The van der Waals surface area contributed by atoms with Crippen LogP contribution in [0.5, 0.6) is 0 Å². The first-order valence-electron chi connectivity index (χ1n) is 4.97. The minimum atomic E-state index is -0.926. The highest BCUT2D eigenvalue weighted by Gasteiger charge is 2.13. The Labute approximate surface area is 112 Å². The van der Waals surface area contributed by atoms with E-state index < -0.39 is 5.97 Å². The molecule has 0 atom stereocenters. The number of hydrogen-bond acceptors (Lipinski definition) is 5. The largest absolute Gasteiger partial charge is 0.481 e. The van der Waals surface area contributed by atoms with E-state index in [1.807, 2.05) is 19.1 Å². The summed E-state index contributed by atoms with van der Waals surface area (Å²) in [5.74, 6) is -1.03. The predicted octanol–water partition coefficient (Wildman–Crippen LogP) is 1.80. The van der Waals surface area contributed by atoms with Gasteiger partial charge in [0, 0.05) is 0 Å². The van der Waals surface area contributed by atoms with Crippen LogP contribution in [0.15, 0.2) is 23.4 Å². The number of thioether (sulfide) groups is 1. The second kappa shape index (κ2) is 5.36. The van der Waals surface area contributed by atoms with Crippen molar-refractivity contribution >= 4 is 29.3 Å². The minimum Gasteiger partial charge on any atom is -0.481 e. The van der Waals surface area contributed by atoms with Gasteiger partial charge in [0.25, 0.3) is 0 Å². The van der Waals surface area contributed by atoms with E-state index in [9.17, 15) is 4.79 Å². The highest BCUT2D eigenvalue weighted by atomic mass is 35.5. The Kier molecular flexibility index (Phi) is 3.83. The number of carbonyl (C=O) groups is 1. The number of benzene rings is 1. The molecular formula is C10H9ClN4O2S. The van der Waals surface area contributed by atoms with Gasteiger partial charge < -0.3 is 5.11 Å². The van der Waals surface area contributed by atoms with Gasteiger partial charge in [-0.2, -0.15) is 4.68 Å². The third kappa shape index (κ3) is 2.80. The van der Waals surface area contributed by atoms with Crippen LogP contribution < -0.4 is 0 Å². The zero-order valence-corrected chi connectivity index (χ0v) is 10.9. The molecule has 0 saturated carbocycles. The van der Waals surface area contributed by atoms with Crippen molar-refractivity contribution < 1.29 is 9.90 Å². The fourth-order valence-corrected chi connectivity index (χ4v) is 2.13. The van der Waals surface area contributed by atoms with Crippen LogP contribution in [0.3, 0.4) is 0 Å². The van der Waals surface area contributed by atoms with Crippen LogP contribution >= 0.6 is 23.4 Å².